The molecule has 0 unspecified atom stereocenters. The highest BCUT2D eigenvalue weighted by Gasteiger charge is 2.20. The van der Waals surface area contributed by atoms with Crippen LogP contribution in [0.25, 0.3) is 0 Å². The highest BCUT2D eigenvalue weighted by molar-refractivity contribution is 6.20. The normalized spacial score (nSPS) is 23.7. The summed E-state index contributed by atoms with van der Waals surface area (Å²) < 4.78 is 0. The van der Waals surface area contributed by atoms with E-state index in [-0.39, 0.29) is 5.91 Å². The van der Waals surface area contributed by atoms with Crippen molar-refractivity contribution in [3.63, 3.8) is 0 Å². The highest BCUT2D eigenvalue weighted by Crippen LogP contribution is 2.22. The summed E-state index contributed by atoms with van der Waals surface area (Å²) >= 11 is 6.05. The third kappa shape index (κ3) is 4.02. The van der Waals surface area contributed by atoms with Gasteiger partial charge in [0.2, 0.25) is 5.91 Å². The zero-order valence-electron chi connectivity index (χ0n) is 10.8. The van der Waals surface area contributed by atoms with Crippen molar-refractivity contribution in [2.24, 2.45) is 0 Å². The summed E-state index contributed by atoms with van der Waals surface area (Å²) in [6.07, 6.45) is 4.51. The van der Waals surface area contributed by atoms with Gasteiger partial charge in [-0.05, 0) is 38.2 Å². The minimum absolute atomic E-state index is 0.122. The van der Waals surface area contributed by atoms with Gasteiger partial charge in [0.25, 0.3) is 0 Å². The van der Waals surface area contributed by atoms with Gasteiger partial charge in [-0.2, -0.15) is 0 Å². The van der Waals surface area contributed by atoms with Crippen LogP contribution in [-0.2, 0) is 11.2 Å². The van der Waals surface area contributed by atoms with Gasteiger partial charge in [0, 0.05) is 11.4 Å². The minimum atomic E-state index is 0.122. The molecule has 0 bridgehead atoms. The number of carbonyl (C=O) groups excluding carboxylic acids is 1. The van der Waals surface area contributed by atoms with Gasteiger partial charge in [0.05, 0.1) is 6.42 Å². The largest absolute Gasteiger partial charge is 0.353 e. The van der Waals surface area contributed by atoms with Crippen LogP contribution in [0.1, 0.15) is 36.8 Å². The van der Waals surface area contributed by atoms with E-state index < -0.39 is 0 Å². The van der Waals surface area contributed by atoms with Crippen molar-refractivity contribution in [2.75, 3.05) is 0 Å². The zero-order chi connectivity index (χ0) is 13.0. The number of halogens is 1. The van der Waals surface area contributed by atoms with E-state index in [2.05, 4.69) is 12.2 Å². The molecule has 0 atom stereocenters. The van der Waals surface area contributed by atoms with Gasteiger partial charge in [-0.25, -0.2) is 0 Å². The molecule has 1 fully saturated rings. The Bertz CT molecular complexity index is 393. The van der Waals surface area contributed by atoms with Gasteiger partial charge in [0.15, 0.2) is 0 Å². The Labute approximate surface area is 114 Å². The van der Waals surface area contributed by atoms with Gasteiger partial charge in [-0.3, -0.25) is 4.79 Å². The number of benzene rings is 1. The fraction of sp³-hybridized carbons (Fsp3) is 0.533. The van der Waals surface area contributed by atoms with Crippen LogP contribution in [0.15, 0.2) is 24.3 Å². The molecule has 98 valence electrons. The number of amides is 1. The molecule has 2 nitrogen and oxygen atoms in total. The van der Waals surface area contributed by atoms with Crippen LogP contribution in [-0.4, -0.2) is 17.3 Å². The molecular weight excluding hydrogens is 246 g/mol. The van der Waals surface area contributed by atoms with Crippen molar-refractivity contribution in [3.8, 4) is 0 Å². The second-order valence-electron chi connectivity index (χ2n) is 5.18. The van der Waals surface area contributed by atoms with Crippen molar-refractivity contribution in [2.45, 2.75) is 50.4 Å². The molecule has 0 heterocycles. The number of alkyl halides is 1. The monoisotopic (exact) mass is 265 g/mol. The molecule has 1 aliphatic carbocycles. The topological polar surface area (TPSA) is 29.1 Å². The number of hydrogen-bond donors (Lipinski definition) is 1. The first kappa shape index (κ1) is 13.4. The number of aryl methyl sites for hydroxylation is 1. The first-order valence-electron chi connectivity index (χ1n) is 6.62. The maximum Gasteiger partial charge on any atom is 0.224 e. The summed E-state index contributed by atoms with van der Waals surface area (Å²) in [6, 6.07) is 8.44. The van der Waals surface area contributed by atoms with E-state index in [0.717, 1.165) is 31.2 Å². The molecule has 0 aromatic heterocycles. The lowest BCUT2D eigenvalue weighted by Crippen LogP contribution is -2.38. The zero-order valence-corrected chi connectivity index (χ0v) is 11.5. The molecular formula is C15H20ClNO. The summed E-state index contributed by atoms with van der Waals surface area (Å²) in [7, 11) is 0. The maximum atomic E-state index is 11.9. The van der Waals surface area contributed by atoms with E-state index in [4.69, 9.17) is 11.6 Å². The molecule has 0 aliphatic heterocycles. The second-order valence-corrected chi connectivity index (χ2v) is 5.80. The van der Waals surface area contributed by atoms with Crippen LogP contribution in [0, 0.1) is 6.92 Å². The molecule has 0 radical (unpaired) electrons. The highest BCUT2D eigenvalue weighted by atomic mass is 35.5. The van der Waals surface area contributed by atoms with Crippen molar-refractivity contribution in [1.82, 2.24) is 5.32 Å². The van der Waals surface area contributed by atoms with E-state index >= 15 is 0 Å². The van der Waals surface area contributed by atoms with Crippen LogP contribution >= 0.6 is 11.6 Å². The molecule has 3 heteroatoms. The van der Waals surface area contributed by atoms with Crippen molar-refractivity contribution in [3.05, 3.63) is 35.4 Å². The summed E-state index contributed by atoms with van der Waals surface area (Å²) in [6.45, 7) is 2.05. The Morgan fingerprint density at radius 1 is 1.22 bits per heavy atom. The Morgan fingerprint density at radius 3 is 2.44 bits per heavy atom. The third-order valence-corrected chi connectivity index (χ3v) is 3.94. The molecule has 1 aliphatic rings. The van der Waals surface area contributed by atoms with E-state index in [1.54, 1.807) is 0 Å². The number of nitrogens with one attached hydrogen (secondary N) is 1. The smallest absolute Gasteiger partial charge is 0.224 e. The predicted octanol–water partition coefficient (Wildman–Crippen LogP) is 3.20. The van der Waals surface area contributed by atoms with Crippen LogP contribution in [0.2, 0.25) is 0 Å². The quantitative estimate of drug-likeness (QED) is 0.836. The summed E-state index contributed by atoms with van der Waals surface area (Å²) in [5.41, 5.74) is 2.30. The number of rotatable bonds is 3. The molecule has 2 rings (SSSR count). The molecule has 18 heavy (non-hydrogen) atoms. The Kier molecular flexibility index (Phi) is 4.65. The summed E-state index contributed by atoms with van der Waals surface area (Å²) in [5, 5.41) is 3.41. The Balaban J connectivity index is 1.80. The molecule has 1 N–H and O–H groups in total. The number of carbonyl (C=O) groups is 1. The molecule has 1 aromatic rings. The average Bonchev–Trinajstić information content (AvgIpc) is 2.35. The van der Waals surface area contributed by atoms with E-state index in [1.165, 1.54) is 5.56 Å². The van der Waals surface area contributed by atoms with Gasteiger partial charge in [-0.15, -0.1) is 11.6 Å². The van der Waals surface area contributed by atoms with Crippen molar-refractivity contribution >= 4 is 17.5 Å². The molecule has 1 aromatic carbocycles. The van der Waals surface area contributed by atoms with Crippen LogP contribution in [0.4, 0.5) is 0 Å². The SMILES string of the molecule is Cc1ccc(CC(=O)NC2CCC(Cl)CC2)cc1. The van der Waals surface area contributed by atoms with Gasteiger partial charge in [0.1, 0.15) is 0 Å². The summed E-state index contributed by atoms with van der Waals surface area (Å²) in [5.74, 6) is 0.122. The Hall–Kier alpha value is -1.02. The lowest BCUT2D eigenvalue weighted by molar-refractivity contribution is -0.121. The van der Waals surface area contributed by atoms with Crippen molar-refractivity contribution < 1.29 is 4.79 Å². The average molecular weight is 266 g/mol. The lowest BCUT2D eigenvalue weighted by atomic mass is 9.95. The molecule has 1 amide bonds. The Morgan fingerprint density at radius 2 is 1.83 bits per heavy atom. The summed E-state index contributed by atoms with van der Waals surface area (Å²) in [4.78, 5) is 11.9. The van der Waals surface area contributed by atoms with E-state index in [0.29, 0.717) is 17.8 Å². The van der Waals surface area contributed by atoms with Gasteiger partial charge in [-0.1, -0.05) is 29.8 Å². The minimum Gasteiger partial charge on any atom is -0.353 e. The van der Waals surface area contributed by atoms with Crippen LogP contribution in [0.3, 0.4) is 0 Å². The predicted molar refractivity (Wildman–Crippen MR) is 74.9 cm³/mol. The van der Waals surface area contributed by atoms with Gasteiger partial charge >= 0.3 is 0 Å². The molecule has 0 spiro atoms. The first-order valence-corrected chi connectivity index (χ1v) is 7.06. The van der Waals surface area contributed by atoms with Crippen LogP contribution in [0.5, 0.6) is 0 Å². The van der Waals surface area contributed by atoms with E-state index in [9.17, 15) is 4.79 Å². The fourth-order valence-electron chi connectivity index (χ4n) is 2.37. The fourth-order valence-corrected chi connectivity index (χ4v) is 2.62. The molecule has 1 saturated carbocycles. The maximum absolute atomic E-state index is 11.9. The van der Waals surface area contributed by atoms with Crippen molar-refractivity contribution in [1.29, 1.82) is 0 Å². The van der Waals surface area contributed by atoms with Gasteiger partial charge < -0.3 is 5.32 Å². The number of hydrogen-bond acceptors (Lipinski definition) is 1. The molecule has 0 saturated heterocycles. The van der Waals surface area contributed by atoms with Crippen LogP contribution < -0.4 is 5.32 Å². The second kappa shape index (κ2) is 6.24. The van der Waals surface area contributed by atoms with E-state index in [1.807, 2.05) is 24.3 Å². The lowest BCUT2D eigenvalue weighted by Gasteiger charge is -2.25. The standard InChI is InChI=1S/C15H20ClNO/c1-11-2-4-12(5-3-11)10-15(18)17-14-8-6-13(16)7-9-14/h2-5,13-14H,6-10H2,1H3,(H,17,18). The third-order valence-electron chi connectivity index (χ3n) is 3.51. The first-order chi connectivity index (χ1) is 8.63.